The molecular formula is C19H28ClN3O. The lowest BCUT2D eigenvalue weighted by molar-refractivity contribution is 0.285. The van der Waals surface area contributed by atoms with Crippen molar-refractivity contribution in [3.05, 3.63) is 47.3 Å². The van der Waals surface area contributed by atoms with Crippen molar-refractivity contribution in [1.29, 1.82) is 0 Å². The van der Waals surface area contributed by atoms with Gasteiger partial charge in [0.05, 0.1) is 11.4 Å². The molecule has 1 aromatic heterocycles. The van der Waals surface area contributed by atoms with Crippen LogP contribution < -0.4 is 10.1 Å². The van der Waals surface area contributed by atoms with E-state index in [0.29, 0.717) is 6.61 Å². The number of nitrogens with zero attached hydrogens (tertiary/aromatic N) is 2. The minimum absolute atomic E-state index is 0. The number of hydrogen-bond donors (Lipinski definition) is 1. The van der Waals surface area contributed by atoms with E-state index in [1.165, 1.54) is 36.9 Å². The molecule has 132 valence electrons. The van der Waals surface area contributed by atoms with Crippen molar-refractivity contribution in [3.8, 4) is 5.75 Å². The zero-order valence-electron chi connectivity index (χ0n) is 14.6. The van der Waals surface area contributed by atoms with Crippen LogP contribution in [0.2, 0.25) is 0 Å². The van der Waals surface area contributed by atoms with E-state index in [-0.39, 0.29) is 12.4 Å². The number of aromatic nitrogens is 2. The molecule has 1 aromatic carbocycles. The highest BCUT2D eigenvalue weighted by Crippen LogP contribution is 2.26. The summed E-state index contributed by atoms with van der Waals surface area (Å²) < 4.78 is 8.15. The highest BCUT2D eigenvalue weighted by Gasteiger charge is 2.18. The molecule has 0 bridgehead atoms. The summed E-state index contributed by atoms with van der Waals surface area (Å²) in [6.45, 7) is 4.49. The van der Waals surface area contributed by atoms with Crippen LogP contribution in [0.3, 0.4) is 0 Å². The van der Waals surface area contributed by atoms with Crippen LogP contribution >= 0.6 is 12.4 Å². The average molecular weight is 350 g/mol. The second kappa shape index (κ2) is 9.09. The van der Waals surface area contributed by atoms with Gasteiger partial charge in [0, 0.05) is 13.1 Å². The number of aryl methyl sites for hydroxylation is 1. The SMILES string of the molecule is CNCc1cc(COc2cccc(C)c2)n(CC2CCCC2)n1.Cl. The lowest BCUT2D eigenvalue weighted by atomic mass is 10.1. The van der Waals surface area contributed by atoms with Gasteiger partial charge in [-0.15, -0.1) is 12.4 Å². The number of rotatable bonds is 7. The summed E-state index contributed by atoms with van der Waals surface area (Å²) in [5, 5.41) is 7.95. The maximum atomic E-state index is 5.99. The van der Waals surface area contributed by atoms with E-state index in [1.54, 1.807) is 0 Å². The van der Waals surface area contributed by atoms with Crippen LogP contribution in [0.1, 0.15) is 42.6 Å². The fourth-order valence-corrected chi connectivity index (χ4v) is 3.36. The highest BCUT2D eigenvalue weighted by molar-refractivity contribution is 5.85. The standard InChI is InChI=1S/C19H27N3O.ClH/c1-15-6-5-9-19(10-15)23-14-18-11-17(12-20-2)21-22(18)13-16-7-3-4-8-16;/h5-6,9-11,16,20H,3-4,7-8,12-14H2,1-2H3;1H. The van der Waals surface area contributed by atoms with Gasteiger partial charge < -0.3 is 10.1 Å². The molecule has 4 nitrogen and oxygen atoms in total. The molecular weight excluding hydrogens is 322 g/mol. The van der Waals surface area contributed by atoms with Crippen LogP contribution in [-0.2, 0) is 19.7 Å². The van der Waals surface area contributed by atoms with Crippen LogP contribution in [0, 0.1) is 12.8 Å². The van der Waals surface area contributed by atoms with E-state index in [9.17, 15) is 0 Å². The van der Waals surface area contributed by atoms with Gasteiger partial charge in [0.25, 0.3) is 0 Å². The lowest BCUT2D eigenvalue weighted by Crippen LogP contribution is -2.14. The molecule has 0 spiro atoms. The summed E-state index contributed by atoms with van der Waals surface area (Å²) in [7, 11) is 1.96. The van der Waals surface area contributed by atoms with E-state index in [1.807, 2.05) is 19.2 Å². The smallest absolute Gasteiger partial charge is 0.130 e. The third kappa shape index (κ3) is 4.99. The van der Waals surface area contributed by atoms with Crippen molar-refractivity contribution in [1.82, 2.24) is 15.1 Å². The van der Waals surface area contributed by atoms with Crippen molar-refractivity contribution in [2.45, 2.75) is 52.3 Å². The van der Waals surface area contributed by atoms with E-state index in [4.69, 9.17) is 9.84 Å². The second-order valence-electron chi connectivity index (χ2n) is 6.60. The fraction of sp³-hybridized carbons (Fsp3) is 0.526. The summed E-state index contributed by atoms with van der Waals surface area (Å²) in [5.41, 5.74) is 3.48. The Morgan fingerprint density at radius 1 is 1.25 bits per heavy atom. The zero-order valence-corrected chi connectivity index (χ0v) is 15.4. The largest absolute Gasteiger partial charge is 0.487 e. The van der Waals surface area contributed by atoms with Crippen LogP contribution in [0.4, 0.5) is 0 Å². The summed E-state index contributed by atoms with van der Waals surface area (Å²) >= 11 is 0. The van der Waals surface area contributed by atoms with Crippen molar-refractivity contribution in [2.75, 3.05) is 7.05 Å². The maximum Gasteiger partial charge on any atom is 0.130 e. The Balaban J connectivity index is 0.00000208. The summed E-state index contributed by atoms with van der Waals surface area (Å²) in [6, 6.07) is 10.4. The molecule has 3 rings (SSSR count). The minimum atomic E-state index is 0. The molecule has 1 fully saturated rings. The monoisotopic (exact) mass is 349 g/mol. The Kier molecular flexibility index (Phi) is 7.13. The molecule has 1 aliphatic carbocycles. The van der Waals surface area contributed by atoms with E-state index in [2.05, 4.69) is 35.1 Å². The molecule has 0 saturated heterocycles. The van der Waals surface area contributed by atoms with Gasteiger partial charge in [0.2, 0.25) is 0 Å². The Morgan fingerprint density at radius 2 is 2.04 bits per heavy atom. The topological polar surface area (TPSA) is 39.1 Å². The molecule has 1 heterocycles. The minimum Gasteiger partial charge on any atom is -0.487 e. The van der Waals surface area contributed by atoms with E-state index < -0.39 is 0 Å². The van der Waals surface area contributed by atoms with Crippen LogP contribution in [-0.4, -0.2) is 16.8 Å². The van der Waals surface area contributed by atoms with Crippen LogP contribution in [0.5, 0.6) is 5.75 Å². The normalized spacial score (nSPS) is 14.6. The molecule has 0 amide bonds. The summed E-state index contributed by atoms with van der Waals surface area (Å²) in [5.74, 6) is 1.70. The molecule has 0 radical (unpaired) electrons. The fourth-order valence-electron chi connectivity index (χ4n) is 3.36. The number of hydrogen-bond acceptors (Lipinski definition) is 3. The molecule has 0 unspecified atom stereocenters. The molecule has 1 aliphatic rings. The summed E-state index contributed by atoms with van der Waals surface area (Å²) in [4.78, 5) is 0. The third-order valence-corrected chi connectivity index (χ3v) is 4.55. The van der Waals surface area contributed by atoms with E-state index in [0.717, 1.165) is 30.5 Å². The first-order valence-electron chi connectivity index (χ1n) is 8.64. The molecule has 5 heteroatoms. The first-order valence-corrected chi connectivity index (χ1v) is 8.64. The van der Waals surface area contributed by atoms with Crippen molar-refractivity contribution in [3.63, 3.8) is 0 Å². The summed E-state index contributed by atoms with van der Waals surface area (Å²) in [6.07, 6.45) is 5.40. The number of benzene rings is 1. The van der Waals surface area contributed by atoms with E-state index >= 15 is 0 Å². The average Bonchev–Trinajstić information content (AvgIpc) is 3.16. The maximum absolute atomic E-state index is 5.99. The Morgan fingerprint density at radius 3 is 2.75 bits per heavy atom. The zero-order chi connectivity index (χ0) is 16.1. The molecule has 24 heavy (non-hydrogen) atoms. The third-order valence-electron chi connectivity index (χ3n) is 4.55. The van der Waals surface area contributed by atoms with Crippen molar-refractivity contribution >= 4 is 12.4 Å². The highest BCUT2D eigenvalue weighted by atomic mass is 35.5. The van der Waals surface area contributed by atoms with Gasteiger partial charge in [-0.1, -0.05) is 25.0 Å². The Labute approximate surface area is 151 Å². The molecule has 0 aliphatic heterocycles. The molecule has 1 N–H and O–H groups in total. The number of ether oxygens (including phenoxy) is 1. The number of halogens is 1. The van der Waals surface area contributed by atoms with Crippen molar-refractivity contribution < 1.29 is 4.74 Å². The van der Waals surface area contributed by atoms with Crippen molar-refractivity contribution in [2.24, 2.45) is 5.92 Å². The van der Waals surface area contributed by atoms with Crippen LogP contribution in [0.15, 0.2) is 30.3 Å². The Bertz CT molecular complexity index is 635. The first-order chi connectivity index (χ1) is 11.2. The van der Waals surface area contributed by atoms with Gasteiger partial charge in [-0.05, 0) is 56.5 Å². The van der Waals surface area contributed by atoms with Gasteiger partial charge in [0.1, 0.15) is 12.4 Å². The Hall–Kier alpha value is -1.52. The van der Waals surface area contributed by atoms with Gasteiger partial charge in [-0.25, -0.2) is 0 Å². The molecule has 0 atom stereocenters. The van der Waals surface area contributed by atoms with Crippen LogP contribution in [0.25, 0.3) is 0 Å². The predicted octanol–water partition coefficient (Wildman–Crippen LogP) is 4.10. The van der Waals surface area contributed by atoms with Gasteiger partial charge in [-0.2, -0.15) is 5.10 Å². The predicted molar refractivity (Wildman–Crippen MR) is 99.7 cm³/mol. The lowest BCUT2D eigenvalue weighted by Gasteiger charge is -2.13. The van der Waals surface area contributed by atoms with Gasteiger partial charge >= 0.3 is 0 Å². The van der Waals surface area contributed by atoms with Gasteiger partial charge in [0.15, 0.2) is 0 Å². The number of nitrogens with one attached hydrogen (secondary N) is 1. The quantitative estimate of drug-likeness (QED) is 0.817. The molecule has 1 saturated carbocycles. The van der Waals surface area contributed by atoms with Gasteiger partial charge in [-0.3, -0.25) is 4.68 Å². The molecule has 2 aromatic rings. The first kappa shape index (κ1) is 18.8. The second-order valence-corrected chi connectivity index (χ2v) is 6.60.